The Hall–Kier alpha value is -1.43. The maximum absolute atomic E-state index is 11.7. The van der Waals surface area contributed by atoms with Crippen LogP contribution in [0.5, 0.6) is 0 Å². The van der Waals surface area contributed by atoms with E-state index in [4.69, 9.17) is 1.37 Å². The highest BCUT2D eigenvalue weighted by Gasteiger charge is 2.08. The molecule has 1 atom stereocenters. The fourth-order valence-electron chi connectivity index (χ4n) is 2.46. The minimum atomic E-state index is -1.20. The van der Waals surface area contributed by atoms with Gasteiger partial charge in [-0.3, -0.25) is 14.4 Å². The average Bonchev–Trinajstić information content (AvgIpc) is 2.65. The van der Waals surface area contributed by atoms with E-state index in [0.29, 0.717) is 25.8 Å². The van der Waals surface area contributed by atoms with Gasteiger partial charge in [-0.15, -0.1) is 0 Å². The summed E-state index contributed by atoms with van der Waals surface area (Å²) in [6, 6.07) is 0. The highest BCUT2D eigenvalue weighted by Crippen LogP contribution is 2.10. The van der Waals surface area contributed by atoms with E-state index in [1.165, 1.54) is 7.11 Å². The number of esters is 1. The number of carbonyl (C=O) groups is 3. The Morgan fingerprint density at radius 3 is 2.04 bits per heavy atom. The molecule has 0 saturated heterocycles. The molecule has 0 spiro atoms. The summed E-state index contributed by atoms with van der Waals surface area (Å²) < 4.78 is 11.5. The van der Waals surface area contributed by atoms with E-state index in [0.717, 1.165) is 51.4 Å². The molecule has 25 heavy (non-hydrogen) atoms. The van der Waals surface area contributed by atoms with Crippen molar-refractivity contribution in [3.05, 3.63) is 0 Å². The summed E-state index contributed by atoms with van der Waals surface area (Å²) >= 11 is 0. The Kier molecular flexibility index (Phi) is 13.9. The lowest BCUT2D eigenvalue weighted by Gasteiger charge is -2.06. The first-order valence-electron chi connectivity index (χ1n) is 10.1. The van der Waals surface area contributed by atoms with Crippen LogP contribution in [0, 0.1) is 0 Å². The lowest BCUT2D eigenvalue weighted by molar-refractivity contribution is -0.140. The second kappa shape index (κ2) is 16.1. The molecule has 0 rings (SSSR count). The molecule has 0 aromatic carbocycles. The minimum absolute atomic E-state index is 0.00120. The number of unbranched alkanes of at least 4 members (excludes halogenated alkanes) is 7. The summed E-state index contributed by atoms with van der Waals surface area (Å²) in [6.45, 7) is 0.125. The Labute approximate surface area is 153 Å². The summed E-state index contributed by atoms with van der Waals surface area (Å²) in [6.07, 6.45) is 8.90. The van der Waals surface area contributed by atoms with Crippen LogP contribution in [-0.2, 0) is 19.1 Å². The van der Waals surface area contributed by atoms with Gasteiger partial charge in [0.1, 0.15) is 6.10 Å². The maximum Gasteiger partial charge on any atom is 0.305 e. The predicted molar refractivity (Wildman–Crippen MR) is 97.1 cm³/mol. The summed E-state index contributed by atoms with van der Waals surface area (Å²) in [5.74, 6) is -0.471. The molecule has 0 saturated carbocycles. The van der Waals surface area contributed by atoms with Gasteiger partial charge in [0.25, 0.3) is 0 Å². The summed E-state index contributed by atoms with van der Waals surface area (Å²) in [5, 5.41) is 11.9. The SMILES string of the molecule is [3H]C[C@H](O)C(=O)CCCNC(=O)CCCCCCCCCCC(=O)OC. The molecule has 0 fully saturated rings. The van der Waals surface area contributed by atoms with Crippen LogP contribution in [-0.4, -0.2) is 42.5 Å². The number of hydrogen-bond donors (Lipinski definition) is 2. The number of hydrogen-bond acceptors (Lipinski definition) is 5. The van der Waals surface area contributed by atoms with Gasteiger partial charge in [-0.2, -0.15) is 0 Å². The minimum Gasteiger partial charge on any atom is -0.469 e. The third-order valence-electron chi connectivity index (χ3n) is 4.06. The molecule has 6 heteroatoms. The Morgan fingerprint density at radius 2 is 1.48 bits per heavy atom. The normalized spacial score (nSPS) is 12.3. The van der Waals surface area contributed by atoms with Crippen LogP contribution in [0.1, 0.15) is 85.3 Å². The van der Waals surface area contributed by atoms with Crippen LogP contribution in [0.3, 0.4) is 0 Å². The van der Waals surface area contributed by atoms with Gasteiger partial charge < -0.3 is 15.2 Å². The van der Waals surface area contributed by atoms with Crippen molar-refractivity contribution in [1.82, 2.24) is 5.32 Å². The number of aliphatic hydroxyl groups excluding tert-OH is 1. The van der Waals surface area contributed by atoms with Crippen molar-refractivity contribution >= 4 is 17.7 Å². The van der Waals surface area contributed by atoms with E-state index >= 15 is 0 Å². The smallest absolute Gasteiger partial charge is 0.305 e. The molecule has 0 heterocycles. The van der Waals surface area contributed by atoms with Crippen molar-refractivity contribution in [2.45, 2.75) is 90.1 Å². The van der Waals surface area contributed by atoms with Crippen molar-refractivity contribution in [3.8, 4) is 0 Å². The molecule has 0 aliphatic carbocycles. The number of methoxy groups -OCH3 is 1. The number of carbonyl (C=O) groups excluding carboxylic acids is 3. The van der Waals surface area contributed by atoms with Crippen molar-refractivity contribution in [2.75, 3.05) is 13.7 Å². The van der Waals surface area contributed by atoms with Crippen LogP contribution in [0.15, 0.2) is 0 Å². The van der Waals surface area contributed by atoms with Crippen LogP contribution < -0.4 is 5.32 Å². The number of aliphatic hydroxyl groups is 1. The molecule has 6 nitrogen and oxygen atoms in total. The van der Waals surface area contributed by atoms with Crippen LogP contribution in [0.2, 0.25) is 0 Å². The predicted octanol–water partition coefficient (Wildman–Crippen LogP) is 2.91. The lowest BCUT2D eigenvalue weighted by Crippen LogP contribution is -2.25. The van der Waals surface area contributed by atoms with Gasteiger partial charge in [-0.1, -0.05) is 38.5 Å². The van der Waals surface area contributed by atoms with Gasteiger partial charge >= 0.3 is 5.97 Å². The number of Topliss-reactive ketones (excluding diaryl/α,β-unsaturated/α-hetero) is 1. The Morgan fingerprint density at radius 1 is 0.920 bits per heavy atom. The molecule has 0 bridgehead atoms. The monoisotopic (exact) mass is 359 g/mol. The fraction of sp³-hybridized carbons (Fsp3) is 0.842. The summed E-state index contributed by atoms with van der Waals surface area (Å²) in [7, 11) is 1.41. The second-order valence-corrected chi connectivity index (χ2v) is 6.34. The van der Waals surface area contributed by atoms with Gasteiger partial charge in [0.15, 0.2) is 5.78 Å². The molecule has 0 radical (unpaired) electrons. The second-order valence-electron chi connectivity index (χ2n) is 6.34. The highest BCUT2D eigenvalue weighted by atomic mass is 16.5. The van der Waals surface area contributed by atoms with Gasteiger partial charge in [-0.25, -0.2) is 0 Å². The van der Waals surface area contributed by atoms with Crippen molar-refractivity contribution in [3.63, 3.8) is 0 Å². The molecular weight excluding hydrogens is 322 g/mol. The molecule has 2 N–H and O–H groups in total. The topological polar surface area (TPSA) is 92.7 Å². The van der Waals surface area contributed by atoms with Crippen molar-refractivity contribution in [2.24, 2.45) is 0 Å². The average molecular weight is 359 g/mol. The Bertz CT molecular complexity index is 403. The first kappa shape index (κ1) is 21.6. The van der Waals surface area contributed by atoms with Gasteiger partial charge in [0, 0.05) is 27.2 Å². The molecule has 1 amide bonds. The van der Waals surface area contributed by atoms with E-state index < -0.39 is 6.10 Å². The van der Waals surface area contributed by atoms with Gasteiger partial charge in [0.2, 0.25) is 5.91 Å². The van der Waals surface area contributed by atoms with Gasteiger partial charge in [-0.05, 0) is 26.2 Å². The zero-order chi connectivity index (χ0) is 19.6. The first-order chi connectivity index (χ1) is 12.5. The molecule has 0 aromatic heterocycles. The number of nitrogens with one attached hydrogen (secondary N) is 1. The van der Waals surface area contributed by atoms with E-state index in [1.807, 2.05) is 0 Å². The Balaban J connectivity index is 3.34. The van der Waals surface area contributed by atoms with Crippen LogP contribution >= 0.6 is 0 Å². The van der Waals surface area contributed by atoms with E-state index in [9.17, 15) is 19.5 Å². The third kappa shape index (κ3) is 15.8. The maximum atomic E-state index is 11.7. The third-order valence-corrected chi connectivity index (χ3v) is 4.06. The summed E-state index contributed by atoms with van der Waals surface area (Å²) in [4.78, 5) is 33.9. The number of amides is 1. The molecule has 0 aromatic rings. The molecule has 0 aliphatic rings. The number of rotatable bonds is 16. The van der Waals surface area contributed by atoms with E-state index in [2.05, 4.69) is 10.1 Å². The van der Waals surface area contributed by atoms with E-state index in [-0.39, 0.29) is 31.0 Å². The lowest BCUT2D eigenvalue weighted by atomic mass is 10.1. The molecule has 0 unspecified atom stereocenters. The molecule has 0 aliphatic heterocycles. The van der Waals surface area contributed by atoms with Crippen LogP contribution in [0.25, 0.3) is 0 Å². The standard InChI is InChI=1S/C19H35NO5/c1-16(21)17(22)12-11-15-20-18(23)13-9-7-5-3-4-6-8-10-14-19(24)25-2/h16,21H,3-15H2,1-2H3,(H,20,23)/t16-/m0/s1/i1T. The zero-order valence-corrected chi connectivity index (χ0v) is 15.6. The fourth-order valence-corrected chi connectivity index (χ4v) is 2.46. The van der Waals surface area contributed by atoms with Crippen molar-refractivity contribution < 1.29 is 25.6 Å². The molecular formula is C19H35NO5. The number of ketones is 1. The van der Waals surface area contributed by atoms with Gasteiger partial charge in [0.05, 0.1) is 7.11 Å². The highest BCUT2D eigenvalue weighted by molar-refractivity contribution is 5.82. The largest absolute Gasteiger partial charge is 0.469 e. The number of ether oxygens (including phenoxy) is 1. The quantitative estimate of drug-likeness (QED) is 0.326. The zero-order valence-electron chi connectivity index (χ0n) is 16.6. The first-order valence-corrected chi connectivity index (χ1v) is 9.34. The van der Waals surface area contributed by atoms with E-state index in [1.54, 1.807) is 0 Å². The van der Waals surface area contributed by atoms with Crippen LogP contribution in [0.4, 0.5) is 0 Å². The van der Waals surface area contributed by atoms with Crippen molar-refractivity contribution in [1.29, 1.82) is 0 Å². The summed E-state index contributed by atoms with van der Waals surface area (Å²) in [5.41, 5.74) is 0. The molecule has 146 valence electrons.